The minimum absolute atomic E-state index is 0.00486. The third kappa shape index (κ3) is 2.87. The first kappa shape index (κ1) is 14.2. The second-order valence-corrected chi connectivity index (χ2v) is 7.24. The van der Waals surface area contributed by atoms with Gasteiger partial charge in [0, 0.05) is 19.0 Å². The smallest absolute Gasteiger partial charge is 0.0738 e. The fourth-order valence-electron chi connectivity index (χ4n) is 1.91. The Morgan fingerprint density at radius 3 is 2.78 bits per heavy atom. The highest BCUT2D eigenvalue weighted by Gasteiger charge is 2.17. The van der Waals surface area contributed by atoms with E-state index in [1.54, 1.807) is 11.3 Å². The molecule has 6 heteroatoms. The van der Waals surface area contributed by atoms with Crippen molar-refractivity contribution in [2.45, 2.75) is 32.9 Å². The van der Waals surface area contributed by atoms with Crippen LogP contribution < -0.4 is 5.73 Å². The second kappa shape index (κ2) is 5.86. The van der Waals surface area contributed by atoms with E-state index in [4.69, 9.17) is 5.73 Å². The van der Waals surface area contributed by atoms with Gasteiger partial charge in [0.25, 0.3) is 0 Å². The number of nitrogens with two attached hydrogens (primary N) is 1. The minimum atomic E-state index is 0.00486. The fourth-order valence-corrected chi connectivity index (χ4v) is 3.59. The van der Waals surface area contributed by atoms with Crippen LogP contribution in [0.15, 0.2) is 19.7 Å². The number of hydrogen-bond donors (Lipinski definition) is 1. The van der Waals surface area contributed by atoms with E-state index in [-0.39, 0.29) is 6.04 Å². The van der Waals surface area contributed by atoms with Crippen LogP contribution in [-0.4, -0.2) is 9.78 Å². The number of aromatic nitrogens is 2. The fraction of sp³-hybridized carbons (Fsp3) is 0.417. The Morgan fingerprint density at radius 1 is 1.50 bits per heavy atom. The molecule has 0 aliphatic carbocycles. The molecular weight excluding hydrogens is 378 g/mol. The number of thiophene rings is 1. The molecule has 2 rings (SSSR count). The van der Waals surface area contributed by atoms with Crippen molar-refractivity contribution in [3.05, 3.63) is 36.7 Å². The summed E-state index contributed by atoms with van der Waals surface area (Å²) in [5.74, 6) is 0. The summed E-state index contributed by atoms with van der Waals surface area (Å²) in [4.78, 5) is 0. The van der Waals surface area contributed by atoms with Gasteiger partial charge in [0.05, 0.1) is 19.6 Å². The molecule has 98 valence electrons. The maximum atomic E-state index is 6.27. The molecule has 0 spiro atoms. The van der Waals surface area contributed by atoms with Crippen molar-refractivity contribution in [3.8, 4) is 0 Å². The van der Waals surface area contributed by atoms with Gasteiger partial charge in [0.1, 0.15) is 0 Å². The van der Waals surface area contributed by atoms with Crippen LogP contribution in [0.1, 0.15) is 29.9 Å². The molecule has 2 N–H and O–H groups in total. The van der Waals surface area contributed by atoms with Gasteiger partial charge in [0.2, 0.25) is 0 Å². The number of hydrogen-bond acceptors (Lipinski definition) is 3. The summed E-state index contributed by atoms with van der Waals surface area (Å²) in [7, 11) is 0. The largest absolute Gasteiger partial charge is 0.324 e. The summed E-state index contributed by atoms with van der Waals surface area (Å²) in [5.41, 5.74) is 9.62. The zero-order valence-electron chi connectivity index (χ0n) is 10.3. The molecule has 0 bridgehead atoms. The molecule has 0 radical (unpaired) electrons. The van der Waals surface area contributed by atoms with Crippen LogP contribution >= 0.6 is 43.2 Å². The van der Waals surface area contributed by atoms with Crippen molar-refractivity contribution in [1.82, 2.24) is 9.78 Å². The predicted octanol–water partition coefficient (Wildman–Crippen LogP) is 4.04. The Balaban J connectivity index is 2.23. The number of rotatable bonds is 4. The first-order valence-electron chi connectivity index (χ1n) is 5.74. The molecule has 0 aliphatic rings. The van der Waals surface area contributed by atoms with Crippen molar-refractivity contribution >= 4 is 43.2 Å². The second-order valence-electron chi connectivity index (χ2n) is 4.16. The zero-order chi connectivity index (χ0) is 13.3. The summed E-state index contributed by atoms with van der Waals surface area (Å²) < 4.78 is 4.21. The van der Waals surface area contributed by atoms with Gasteiger partial charge in [-0.15, -0.1) is 11.3 Å². The van der Waals surface area contributed by atoms with E-state index < -0.39 is 0 Å². The zero-order valence-corrected chi connectivity index (χ0v) is 14.3. The van der Waals surface area contributed by atoms with Gasteiger partial charge < -0.3 is 5.73 Å². The van der Waals surface area contributed by atoms with Crippen LogP contribution in [0.4, 0.5) is 0 Å². The lowest BCUT2D eigenvalue weighted by atomic mass is 10.1. The van der Waals surface area contributed by atoms with Gasteiger partial charge in [0.15, 0.2) is 0 Å². The lowest BCUT2D eigenvalue weighted by Crippen LogP contribution is -2.15. The van der Waals surface area contributed by atoms with E-state index in [1.165, 1.54) is 11.3 Å². The van der Waals surface area contributed by atoms with Gasteiger partial charge >= 0.3 is 0 Å². The number of aryl methyl sites for hydroxylation is 2. The molecule has 1 unspecified atom stereocenters. The molecule has 18 heavy (non-hydrogen) atoms. The normalized spacial score (nSPS) is 12.9. The molecule has 1 atom stereocenters. The van der Waals surface area contributed by atoms with E-state index in [0.29, 0.717) is 0 Å². The Bertz CT molecular complexity index is 548. The quantitative estimate of drug-likeness (QED) is 0.853. The highest BCUT2D eigenvalue weighted by molar-refractivity contribution is 9.11. The van der Waals surface area contributed by atoms with E-state index in [0.717, 1.165) is 26.9 Å². The van der Waals surface area contributed by atoms with E-state index in [2.05, 4.69) is 55.3 Å². The molecule has 3 nitrogen and oxygen atoms in total. The molecule has 0 aromatic carbocycles. The van der Waals surface area contributed by atoms with Crippen molar-refractivity contribution in [2.24, 2.45) is 5.73 Å². The Hall–Kier alpha value is -0.170. The Labute approximate surface area is 128 Å². The van der Waals surface area contributed by atoms with Gasteiger partial charge in [-0.05, 0) is 62.7 Å². The van der Waals surface area contributed by atoms with Crippen molar-refractivity contribution in [1.29, 1.82) is 0 Å². The third-order valence-electron chi connectivity index (χ3n) is 2.88. The van der Waals surface area contributed by atoms with Crippen LogP contribution in [0.25, 0.3) is 0 Å². The van der Waals surface area contributed by atoms with E-state index in [9.17, 15) is 0 Å². The Kier molecular flexibility index (Phi) is 4.64. The first-order valence-corrected chi connectivity index (χ1v) is 8.20. The van der Waals surface area contributed by atoms with Gasteiger partial charge in [-0.3, -0.25) is 4.68 Å². The highest BCUT2D eigenvalue weighted by atomic mass is 79.9. The van der Waals surface area contributed by atoms with Crippen molar-refractivity contribution < 1.29 is 0 Å². The Morgan fingerprint density at radius 2 is 2.22 bits per heavy atom. The molecule has 0 saturated heterocycles. The molecule has 2 aromatic rings. The average Bonchev–Trinajstić information content (AvgIpc) is 2.88. The van der Waals surface area contributed by atoms with Crippen LogP contribution in [0, 0.1) is 6.92 Å². The maximum absolute atomic E-state index is 6.27. The van der Waals surface area contributed by atoms with Crippen LogP contribution in [0.3, 0.4) is 0 Å². The standard InChI is InChI=1S/C12H15Br2N3S/c1-3-17-10(12(14)7(2)16-17)5-9(15)8-4-11(13)18-6-8/h4,6,9H,3,5,15H2,1-2H3. The van der Waals surface area contributed by atoms with Gasteiger partial charge in [-0.25, -0.2) is 0 Å². The molecule has 0 aliphatic heterocycles. The summed E-state index contributed by atoms with van der Waals surface area (Å²) in [6.07, 6.45) is 0.790. The summed E-state index contributed by atoms with van der Waals surface area (Å²) >= 11 is 8.74. The number of nitrogens with zero attached hydrogens (tertiary/aromatic N) is 2. The van der Waals surface area contributed by atoms with E-state index in [1.807, 2.05) is 11.6 Å². The lowest BCUT2D eigenvalue weighted by Gasteiger charge is -2.11. The highest BCUT2D eigenvalue weighted by Crippen LogP contribution is 2.29. The predicted molar refractivity (Wildman–Crippen MR) is 83.0 cm³/mol. The van der Waals surface area contributed by atoms with E-state index >= 15 is 0 Å². The first-order chi connectivity index (χ1) is 8.52. The van der Waals surface area contributed by atoms with Crippen LogP contribution in [-0.2, 0) is 13.0 Å². The maximum Gasteiger partial charge on any atom is 0.0738 e. The molecule has 2 heterocycles. The molecule has 0 fully saturated rings. The van der Waals surface area contributed by atoms with Crippen molar-refractivity contribution in [3.63, 3.8) is 0 Å². The summed E-state index contributed by atoms with van der Waals surface area (Å²) in [6.45, 7) is 4.96. The summed E-state index contributed by atoms with van der Waals surface area (Å²) in [5, 5.41) is 6.59. The molecule has 0 saturated carbocycles. The van der Waals surface area contributed by atoms with Crippen molar-refractivity contribution in [2.75, 3.05) is 0 Å². The monoisotopic (exact) mass is 391 g/mol. The molecule has 2 aromatic heterocycles. The van der Waals surface area contributed by atoms with Gasteiger partial charge in [-0.2, -0.15) is 5.10 Å². The summed E-state index contributed by atoms with van der Waals surface area (Å²) in [6, 6.07) is 2.09. The number of halogens is 2. The third-order valence-corrected chi connectivity index (χ3v) is 5.44. The van der Waals surface area contributed by atoms with Crippen LogP contribution in [0.5, 0.6) is 0 Å². The lowest BCUT2D eigenvalue weighted by molar-refractivity contribution is 0.587. The average molecular weight is 393 g/mol. The molecular formula is C12H15Br2N3S. The topological polar surface area (TPSA) is 43.8 Å². The minimum Gasteiger partial charge on any atom is -0.324 e. The van der Waals surface area contributed by atoms with Gasteiger partial charge in [-0.1, -0.05) is 0 Å². The van der Waals surface area contributed by atoms with Crippen LogP contribution in [0.2, 0.25) is 0 Å². The SMILES string of the molecule is CCn1nc(C)c(Br)c1CC(N)c1csc(Br)c1. The molecule has 0 amide bonds.